The smallest absolute Gasteiger partial charge is 0.303 e. The van der Waals surface area contributed by atoms with Crippen LogP contribution in [0.25, 0.3) is 0 Å². The van der Waals surface area contributed by atoms with Crippen LogP contribution in [0, 0.1) is 0 Å². The molecule has 2 N–H and O–H groups in total. The van der Waals surface area contributed by atoms with Gasteiger partial charge in [-0.25, -0.2) is 0 Å². The van der Waals surface area contributed by atoms with E-state index in [-0.39, 0.29) is 31.8 Å². The Balaban J connectivity index is 1.25. The Morgan fingerprint density at radius 2 is 1.42 bits per heavy atom. The second-order valence-electron chi connectivity index (χ2n) is 14.6. The number of ether oxygens (including phenoxy) is 7. The first kappa shape index (κ1) is 45.2. The van der Waals surface area contributed by atoms with Crippen molar-refractivity contribution >= 4 is 41.1 Å². The first-order chi connectivity index (χ1) is 28.3. The fourth-order valence-electron chi connectivity index (χ4n) is 7.05. The summed E-state index contributed by atoms with van der Waals surface area (Å²) in [6, 6.07) is 21.5. The third-order valence-corrected chi connectivity index (χ3v) is 10.1. The quantitative estimate of drug-likeness (QED) is 0.112. The fourth-order valence-corrected chi connectivity index (χ4v) is 7.29. The molecule has 0 bridgehead atoms. The van der Waals surface area contributed by atoms with Crippen LogP contribution in [-0.2, 0) is 71.9 Å². The second-order valence-corrected chi connectivity index (χ2v) is 15.1. The number of carbonyl (C=O) groups excluding carboxylic acids is 4. The van der Waals surface area contributed by atoms with E-state index in [4.69, 9.17) is 45.4 Å². The summed E-state index contributed by atoms with van der Waals surface area (Å²) in [5, 5.41) is 12.8. The predicted octanol–water partition coefficient (Wildman–Crippen LogP) is 4.23. The lowest BCUT2D eigenvalue weighted by Crippen LogP contribution is -2.62. The lowest BCUT2D eigenvalue weighted by molar-refractivity contribution is -0.252. The third kappa shape index (κ3) is 13.9. The summed E-state index contributed by atoms with van der Waals surface area (Å²) in [6.07, 6.45) is -3.44. The number of esters is 4. The van der Waals surface area contributed by atoms with Crippen LogP contribution in [0.1, 0.15) is 80.9 Å². The molecule has 0 amide bonds. The molecule has 2 fully saturated rings. The Bertz CT molecular complexity index is 1870. The van der Waals surface area contributed by atoms with Crippen LogP contribution in [0.2, 0.25) is 0 Å². The molecule has 2 aliphatic rings. The number of carbonyl (C=O) groups is 4. The van der Waals surface area contributed by atoms with Gasteiger partial charge in [0.2, 0.25) is 0 Å². The summed E-state index contributed by atoms with van der Waals surface area (Å²) in [5.74, 6) is -2.70. The molecule has 0 radical (unpaired) electrons. The molecular formula is C43H53N3O12S. The van der Waals surface area contributed by atoms with E-state index < -0.39 is 60.7 Å². The second kappa shape index (κ2) is 22.0. The fraction of sp³-hybridized carbons (Fsp3) is 0.488. The number of likely N-dealkylation sites (N-methyl/N-ethyl adjacent to an activating group) is 1. The molecule has 1 unspecified atom stereocenters. The summed E-state index contributed by atoms with van der Waals surface area (Å²) < 4.78 is 41.1. The van der Waals surface area contributed by atoms with Gasteiger partial charge in [-0.05, 0) is 35.9 Å². The zero-order valence-corrected chi connectivity index (χ0v) is 34.8. The molecular weight excluding hydrogens is 783 g/mol. The van der Waals surface area contributed by atoms with Crippen LogP contribution in [0.15, 0.2) is 72.9 Å². The molecule has 0 aliphatic carbocycles. The number of hydrogen-bond acceptors (Lipinski definition) is 15. The molecule has 318 valence electrons. The Morgan fingerprint density at radius 3 is 2.03 bits per heavy atom. The predicted molar refractivity (Wildman–Crippen MR) is 216 cm³/mol. The number of aliphatic hydroxyl groups is 1. The highest BCUT2D eigenvalue weighted by Gasteiger charge is 2.52. The lowest BCUT2D eigenvalue weighted by Gasteiger charge is -2.44. The Hall–Kier alpha value is -4.84. The van der Waals surface area contributed by atoms with E-state index in [1.165, 1.54) is 27.7 Å². The topological polar surface area (TPSA) is 181 Å². The van der Waals surface area contributed by atoms with Gasteiger partial charge in [0, 0.05) is 84.0 Å². The highest BCUT2D eigenvalue weighted by atomic mass is 32.1. The number of thiocarbonyl (C=S) groups is 1. The van der Waals surface area contributed by atoms with Gasteiger partial charge < -0.3 is 48.5 Å². The Morgan fingerprint density at radius 1 is 0.797 bits per heavy atom. The Labute approximate surface area is 349 Å². The molecule has 0 saturated carbocycles. The number of benzene rings is 2. The first-order valence-corrected chi connectivity index (χ1v) is 19.9. The third-order valence-electron chi connectivity index (χ3n) is 9.82. The van der Waals surface area contributed by atoms with Crippen LogP contribution in [0.5, 0.6) is 0 Å². The van der Waals surface area contributed by atoms with Crippen LogP contribution in [0.4, 0.5) is 0 Å². The van der Waals surface area contributed by atoms with Gasteiger partial charge in [0.25, 0.3) is 0 Å². The number of aromatic nitrogens is 1. The van der Waals surface area contributed by atoms with Crippen molar-refractivity contribution in [1.29, 1.82) is 0 Å². The molecule has 3 heterocycles. The minimum absolute atomic E-state index is 0.0224. The van der Waals surface area contributed by atoms with Gasteiger partial charge in [-0.3, -0.25) is 24.2 Å². The van der Waals surface area contributed by atoms with E-state index in [0.717, 1.165) is 40.9 Å². The summed E-state index contributed by atoms with van der Waals surface area (Å²) >= 11 is 5.70. The van der Waals surface area contributed by atoms with Gasteiger partial charge in [-0.15, -0.1) is 0 Å². The van der Waals surface area contributed by atoms with Crippen LogP contribution >= 0.6 is 12.2 Å². The maximum Gasteiger partial charge on any atom is 0.303 e. The standard InChI is InChI=1S/C43H53N3O12S/c1-26(48)52-25-38-41(54-28(3)50)42(55-29(4)51)40(53-27(2)49)37(57-38)21-39(59)45-22-30-9-15-33(16-10-30)43-56-35(23-46(5)19-17-34-8-6-7-18-44-34)20-36(58-43)32-13-11-31(24-47)12-14-32/h6-16,18,35-38,40-43,47H,17,19-25H2,1-5H3,(H,45,59)/t35-,36+,37-,38+,40-,41+,42+,43?/m0/s1. The zero-order chi connectivity index (χ0) is 42.5. The molecule has 0 spiro atoms. The molecule has 2 aliphatic heterocycles. The van der Waals surface area contributed by atoms with E-state index in [9.17, 15) is 24.3 Å². The molecule has 15 nitrogen and oxygen atoms in total. The highest BCUT2D eigenvalue weighted by Crippen LogP contribution is 2.38. The molecule has 2 saturated heterocycles. The molecule has 59 heavy (non-hydrogen) atoms. The van der Waals surface area contributed by atoms with Crippen molar-refractivity contribution < 1.29 is 57.4 Å². The van der Waals surface area contributed by atoms with Gasteiger partial charge in [-0.2, -0.15) is 0 Å². The van der Waals surface area contributed by atoms with Crippen LogP contribution < -0.4 is 5.32 Å². The lowest BCUT2D eigenvalue weighted by atomic mass is 9.92. The number of rotatable bonds is 17. The van der Waals surface area contributed by atoms with Crippen LogP contribution in [0.3, 0.4) is 0 Å². The monoisotopic (exact) mass is 835 g/mol. The maximum atomic E-state index is 12.2. The molecule has 1 aromatic heterocycles. The van der Waals surface area contributed by atoms with Gasteiger partial charge in [0.05, 0.1) is 23.8 Å². The van der Waals surface area contributed by atoms with E-state index >= 15 is 0 Å². The summed E-state index contributed by atoms with van der Waals surface area (Å²) in [4.78, 5) is 55.2. The van der Waals surface area contributed by atoms with Crippen LogP contribution in [-0.4, -0.2) is 107 Å². The number of aliphatic hydroxyl groups excluding tert-OH is 1. The summed E-state index contributed by atoms with van der Waals surface area (Å²) in [5.41, 5.74) is 4.59. The van der Waals surface area contributed by atoms with Gasteiger partial charge in [0.1, 0.15) is 18.8 Å². The molecule has 16 heteroatoms. The zero-order valence-electron chi connectivity index (χ0n) is 33.9. The number of nitrogens with one attached hydrogen (secondary N) is 1. The van der Waals surface area contributed by atoms with Crippen molar-refractivity contribution in [2.45, 2.75) is 109 Å². The Kier molecular flexibility index (Phi) is 16.8. The molecule has 8 atom stereocenters. The number of hydrogen-bond donors (Lipinski definition) is 2. The van der Waals surface area contributed by atoms with E-state index in [2.05, 4.69) is 22.2 Å². The van der Waals surface area contributed by atoms with Gasteiger partial charge in [-0.1, -0.05) is 66.8 Å². The number of pyridine rings is 1. The van der Waals surface area contributed by atoms with Gasteiger partial charge in [0.15, 0.2) is 24.6 Å². The molecule has 2 aromatic carbocycles. The molecule has 5 rings (SSSR count). The highest BCUT2D eigenvalue weighted by molar-refractivity contribution is 7.80. The van der Waals surface area contributed by atoms with E-state index in [1.54, 1.807) is 6.20 Å². The first-order valence-electron chi connectivity index (χ1n) is 19.5. The summed E-state index contributed by atoms with van der Waals surface area (Å²) in [7, 11) is 2.07. The van der Waals surface area contributed by atoms with Crippen molar-refractivity contribution in [3.8, 4) is 0 Å². The SMILES string of the molecule is CC(=O)OC[C@H]1O[C@@H](CC(=S)NCc2ccc(C3O[C@H](CN(C)CCc4ccccn4)C[C@H](c4ccc(CO)cc4)O3)cc2)[C@H](OC(C)=O)[C@@H](OC(C)=O)[C@@H]1OC(C)=O. The average Bonchev–Trinajstić information content (AvgIpc) is 3.20. The van der Waals surface area contributed by atoms with Gasteiger partial charge >= 0.3 is 23.9 Å². The van der Waals surface area contributed by atoms with Crippen molar-refractivity contribution in [3.63, 3.8) is 0 Å². The van der Waals surface area contributed by atoms with Crippen molar-refractivity contribution in [1.82, 2.24) is 15.2 Å². The average molecular weight is 836 g/mol. The van der Waals surface area contributed by atoms with Crippen molar-refractivity contribution in [2.24, 2.45) is 0 Å². The minimum atomic E-state index is -1.27. The van der Waals surface area contributed by atoms with Crippen molar-refractivity contribution in [3.05, 3.63) is 101 Å². The normalized spacial score (nSPS) is 24.1. The van der Waals surface area contributed by atoms with E-state index in [0.29, 0.717) is 24.5 Å². The molecule has 3 aromatic rings. The maximum absolute atomic E-state index is 12.2. The minimum Gasteiger partial charge on any atom is -0.463 e. The van der Waals surface area contributed by atoms with Crippen molar-refractivity contribution in [2.75, 3.05) is 26.7 Å². The number of nitrogens with zero attached hydrogens (tertiary/aromatic N) is 2. The van der Waals surface area contributed by atoms with E-state index in [1.807, 2.05) is 66.7 Å². The summed E-state index contributed by atoms with van der Waals surface area (Å²) in [6.45, 7) is 6.22. The largest absolute Gasteiger partial charge is 0.463 e.